The van der Waals surface area contributed by atoms with Gasteiger partial charge in [-0.05, 0) is 12.8 Å². The molecule has 0 atom stereocenters. The average Bonchev–Trinajstić information content (AvgIpc) is 2.81. The minimum absolute atomic E-state index is 0.157. The molecule has 16 heavy (non-hydrogen) atoms. The maximum atomic E-state index is 11.0. The van der Waals surface area contributed by atoms with Crippen LogP contribution in [0.15, 0.2) is 6.20 Å². The van der Waals surface area contributed by atoms with E-state index in [9.17, 15) is 4.79 Å². The van der Waals surface area contributed by atoms with Crippen molar-refractivity contribution in [1.29, 1.82) is 0 Å². The van der Waals surface area contributed by atoms with E-state index in [-0.39, 0.29) is 5.69 Å². The first-order valence-electron chi connectivity index (χ1n) is 5.00. The van der Waals surface area contributed by atoms with Crippen molar-refractivity contribution >= 4 is 5.97 Å². The van der Waals surface area contributed by atoms with Crippen LogP contribution in [-0.4, -0.2) is 31.1 Å². The first-order chi connectivity index (χ1) is 7.68. The number of nitrogens with zero attached hydrogens (tertiary/aromatic N) is 3. The number of aromatic carboxylic acids is 1. The normalized spacial score (nSPS) is 13.3. The highest BCUT2D eigenvalue weighted by atomic mass is 16.4. The molecule has 0 amide bonds. The van der Waals surface area contributed by atoms with Gasteiger partial charge in [-0.3, -0.25) is 9.78 Å². The first kappa shape index (κ1) is 9.14. The van der Waals surface area contributed by atoms with E-state index in [0.29, 0.717) is 6.42 Å². The fraction of sp³-hybridized carbons (Fsp3) is 0.300. The van der Waals surface area contributed by atoms with Crippen LogP contribution in [0.1, 0.15) is 21.7 Å². The lowest BCUT2D eigenvalue weighted by molar-refractivity contribution is 0.0688. The molecule has 0 fully saturated rings. The van der Waals surface area contributed by atoms with E-state index in [1.807, 2.05) is 0 Å². The molecule has 3 rings (SSSR count). The minimum atomic E-state index is -0.969. The number of H-pyrrole nitrogens is 1. The summed E-state index contributed by atoms with van der Waals surface area (Å²) in [6.07, 6.45) is 3.20. The third kappa shape index (κ3) is 1.04. The Labute approximate surface area is 90.9 Å². The Morgan fingerprint density at radius 1 is 1.56 bits per heavy atom. The fourth-order valence-corrected chi connectivity index (χ4v) is 2.27. The fourth-order valence-electron chi connectivity index (χ4n) is 2.27. The zero-order valence-corrected chi connectivity index (χ0v) is 8.69. The summed E-state index contributed by atoms with van der Waals surface area (Å²) in [4.78, 5) is 11.0. The Morgan fingerprint density at radius 3 is 3.12 bits per heavy atom. The van der Waals surface area contributed by atoms with Crippen LogP contribution in [0.3, 0.4) is 0 Å². The standard InChI is InChI=1S/C10H10N4O2/c1-14-9-5(8(13-14)10(15)16)2-3-7-6(9)4-11-12-7/h4H,2-3H2,1H3,(H,11,12)(H,15,16). The number of aryl methyl sites for hydroxylation is 2. The van der Waals surface area contributed by atoms with Gasteiger partial charge in [-0.2, -0.15) is 10.2 Å². The van der Waals surface area contributed by atoms with Gasteiger partial charge in [0, 0.05) is 23.9 Å². The molecule has 0 radical (unpaired) electrons. The van der Waals surface area contributed by atoms with E-state index in [4.69, 9.17) is 5.11 Å². The van der Waals surface area contributed by atoms with Crippen LogP contribution in [-0.2, 0) is 19.9 Å². The molecule has 2 heterocycles. The Balaban J connectivity index is 2.30. The molecule has 0 aromatic carbocycles. The number of fused-ring (bicyclic) bond motifs is 3. The van der Waals surface area contributed by atoms with Crippen molar-refractivity contribution in [1.82, 2.24) is 20.0 Å². The van der Waals surface area contributed by atoms with Gasteiger partial charge in [0.05, 0.1) is 11.9 Å². The molecular weight excluding hydrogens is 208 g/mol. The van der Waals surface area contributed by atoms with E-state index in [0.717, 1.165) is 28.9 Å². The summed E-state index contributed by atoms with van der Waals surface area (Å²) >= 11 is 0. The van der Waals surface area contributed by atoms with E-state index < -0.39 is 5.97 Å². The van der Waals surface area contributed by atoms with Gasteiger partial charge in [0.2, 0.25) is 0 Å². The lowest BCUT2D eigenvalue weighted by atomic mass is 9.94. The van der Waals surface area contributed by atoms with Crippen LogP contribution in [0.25, 0.3) is 11.3 Å². The van der Waals surface area contributed by atoms with Crippen LogP contribution >= 0.6 is 0 Å². The predicted molar refractivity (Wildman–Crippen MR) is 55.2 cm³/mol. The Bertz CT molecular complexity index is 582. The van der Waals surface area contributed by atoms with Crippen LogP contribution < -0.4 is 0 Å². The van der Waals surface area contributed by atoms with Crippen molar-refractivity contribution in [2.24, 2.45) is 7.05 Å². The van der Waals surface area contributed by atoms with Crippen molar-refractivity contribution in [3.05, 3.63) is 23.1 Å². The molecule has 2 aromatic rings. The number of hydrogen-bond acceptors (Lipinski definition) is 3. The van der Waals surface area contributed by atoms with Crippen molar-refractivity contribution < 1.29 is 9.90 Å². The summed E-state index contributed by atoms with van der Waals surface area (Å²) in [6.45, 7) is 0. The van der Waals surface area contributed by atoms with Crippen molar-refractivity contribution in [3.8, 4) is 11.3 Å². The summed E-state index contributed by atoms with van der Waals surface area (Å²) in [5.74, 6) is -0.969. The minimum Gasteiger partial charge on any atom is -0.476 e. The second-order valence-electron chi connectivity index (χ2n) is 3.87. The molecule has 82 valence electrons. The van der Waals surface area contributed by atoms with Gasteiger partial charge < -0.3 is 5.11 Å². The summed E-state index contributed by atoms with van der Waals surface area (Å²) in [5.41, 5.74) is 3.84. The van der Waals surface area contributed by atoms with E-state index in [2.05, 4.69) is 15.3 Å². The number of aromatic nitrogens is 4. The zero-order chi connectivity index (χ0) is 11.3. The highest BCUT2D eigenvalue weighted by Gasteiger charge is 2.27. The molecule has 0 bridgehead atoms. The van der Waals surface area contributed by atoms with Gasteiger partial charge in [-0.1, -0.05) is 0 Å². The summed E-state index contributed by atoms with van der Waals surface area (Å²) in [5, 5.41) is 20.0. The number of carboxylic acids is 1. The van der Waals surface area contributed by atoms with Gasteiger partial charge in [0.15, 0.2) is 5.69 Å². The Kier molecular flexibility index (Phi) is 1.68. The smallest absolute Gasteiger partial charge is 0.356 e. The lowest BCUT2D eigenvalue weighted by Crippen LogP contribution is -2.07. The molecule has 0 saturated heterocycles. The molecule has 6 heteroatoms. The molecule has 0 spiro atoms. The number of hydrogen-bond donors (Lipinski definition) is 2. The van der Waals surface area contributed by atoms with Gasteiger partial charge in [0.25, 0.3) is 0 Å². The number of carboxylic acid groups (broad SMARTS) is 1. The van der Waals surface area contributed by atoms with Crippen LogP contribution in [0.4, 0.5) is 0 Å². The van der Waals surface area contributed by atoms with E-state index in [1.54, 1.807) is 17.9 Å². The van der Waals surface area contributed by atoms with Crippen molar-refractivity contribution in [2.75, 3.05) is 0 Å². The molecule has 2 aromatic heterocycles. The predicted octanol–water partition coefficient (Wildman–Crippen LogP) is 0.607. The quantitative estimate of drug-likeness (QED) is 0.734. The third-order valence-corrected chi connectivity index (χ3v) is 2.95. The van der Waals surface area contributed by atoms with Crippen molar-refractivity contribution in [3.63, 3.8) is 0 Å². The maximum absolute atomic E-state index is 11.0. The molecule has 1 aliphatic rings. The molecule has 0 unspecified atom stereocenters. The number of rotatable bonds is 1. The molecule has 2 N–H and O–H groups in total. The first-order valence-corrected chi connectivity index (χ1v) is 5.00. The topological polar surface area (TPSA) is 83.8 Å². The Morgan fingerprint density at radius 2 is 2.38 bits per heavy atom. The van der Waals surface area contributed by atoms with Crippen LogP contribution in [0, 0.1) is 0 Å². The van der Waals surface area contributed by atoms with Crippen molar-refractivity contribution in [2.45, 2.75) is 12.8 Å². The van der Waals surface area contributed by atoms with Crippen LogP contribution in [0.2, 0.25) is 0 Å². The highest BCUT2D eigenvalue weighted by Crippen LogP contribution is 2.33. The lowest BCUT2D eigenvalue weighted by Gasteiger charge is -2.12. The summed E-state index contributed by atoms with van der Waals surface area (Å²) < 4.78 is 1.62. The van der Waals surface area contributed by atoms with Gasteiger partial charge in [0.1, 0.15) is 0 Å². The third-order valence-electron chi connectivity index (χ3n) is 2.95. The summed E-state index contributed by atoms with van der Waals surface area (Å²) in [6, 6.07) is 0. The SMILES string of the molecule is Cn1nc(C(=O)O)c2c1-c1cn[nH]c1CC2. The molecule has 6 nitrogen and oxygen atoms in total. The Hall–Kier alpha value is -2.11. The van der Waals surface area contributed by atoms with Gasteiger partial charge >= 0.3 is 5.97 Å². The number of nitrogens with one attached hydrogen (secondary N) is 1. The van der Waals surface area contributed by atoms with E-state index in [1.165, 1.54) is 0 Å². The van der Waals surface area contributed by atoms with E-state index >= 15 is 0 Å². The average molecular weight is 218 g/mol. The zero-order valence-electron chi connectivity index (χ0n) is 8.69. The molecule has 0 aliphatic heterocycles. The van der Waals surface area contributed by atoms with Gasteiger partial charge in [-0.25, -0.2) is 4.79 Å². The maximum Gasteiger partial charge on any atom is 0.356 e. The molecule has 1 aliphatic carbocycles. The van der Waals surface area contributed by atoms with Gasteiger partial charge in [-0.15, -0.1) is 0 Å². The largest absolute Gasteiger partial charge is 0.476 e. The number of aromatic amines is 1. The van der Waals surface area contributed by atoms with Crippen LogP contribution in [0.5, 0.6) is 0 Å². The highest BCUT2D eigenvalue weighted by molar-refractivity contribution is 5.90. The second kappa shape index (κ2) is 2.94. The molecule has 0 saturated carbocycles. The second-order valence-corrected chi connectivity index (χ2v) is 3.87. The summed E-state index contributed by atoms with van der Waals surface area (Å²) in [7, 11) is 1.76. The monoisotopic (exact) mass is 218 g/mol. The molecular formula is C10H10N4O2. The number of carbonyl (C=O) groups is 1.